The molecule has 1 amide bonds. The zero-order chi connectivity index (χ0) is 23.5. The van der Waals surface area contributed by atoms with E-state index in [-0.39, 0.29) is 17.2 Å². The van der Waals surface area contributed by atoms with Gasteiger partial charge in [-0.3, -0.25) is 14.2 Å². The SMILES string of the molecule is C=CCn1c(SCC(=O)Nc2cc(C)ccc2C)nc2scc(-c3ccc(C)cc3)c2c1=O. The lowest BCUT2D eigenvalue weighted by Gasteiger charge is -2.12. The number of nitrogens with one attached hydrogen (secondary N) is 1. The number of hydrogen-bond acceptors (Lipinski definition) is 5. The lowest BCUT2D eigenvalue weighted by Crippen LogP contribution is -2.23. The maximum absolute atomic E-state index is 13.4. The van der Waals surface area contributed by atoms with Crippen molar-refractivity contribution in [3.63, 3.8) is 0 Å². The van der Waals surface area contributed by atoms with E-state index in [9.17, 15) is 9.59 Å². The molecular formula is C26H25N3O2S2. The van der Waals surface area contributed by atoms with Gasteiger partial charge < -0.3 is 5.32 Å². The number of thioether (sulfide) groups is 1. The van der Waals surface area contributed by atoms with E-state index < -0.39 is 0 Å². The number of anilines is 1. The number of amides is 1. The Bertz CT molecular complexity index is 1400. The number of nitrogens with zero attached hydrogens (tertiary/aromatic N) is 2. The molecule has 0 radical (unpaired) electrons. The first kappa shape index (κ1) is 23.0. The summed E-state index contributed by atoms with van der Waals surface area (Å²) in [6, 6.07) is 14.1. The molecule has 0 unspecified atom stereocenters. The Balaban J connectivity index is 1.63. The fourth-order valence-corrected chi connectivity index (χ4v) is 5.34. The molecule has 0 spiro atoms. The van der Waals surface area contributed by atoms with Crippen LogP contribution in [0.3, 0.4) is 0 Å². The average Bonchev–Trinajstić information content (AvgIpc) is 3.22. The number of carbonyl (C=O) groups is 1. The molecule has 33 heavy (non-hydrogen) atoms. The second-order valence-corrected chi connectivity index (χ2v) is 9.75. The zero-order valence-corrected chi connectivity index (χ0v) is 20.5. The van der Waals surface area contributed by atoms with Gasteiger partial charge in [-0.1, -0.05) is 59.8 Å². The van der Waals surface area contributed by atoms with E-state index in [4.69, 9.17) is 4.98 Å². The number of aryl methyl sites for hydroxylation is 3. The molecule has 0 aliphatic carbocycles. The largest absolute Gasteiger partial charge is 0.325 e. The second-order valence-electron chi connectivity index (χ2n) is 7.95. The Morgan fingerprint density at radius 2 is 1.88 bits per heavy atom. The standard InChI is InChI=1S/C26H25N3O2S2/c1-5-12-29-25(31)23-20(19-10-7-16(2)8-11-19)14-32-24(23)28-26(29)33-15-22(30)27-21-13-17(3)6-9-18(21)4/h5-11,13-14H,1,12,15H2,2-4H3,(H,27,30). The van der Waals surface area contributed by atoms with Crippen LogP contribution in [0.4, 0.5) is 5.69 Å². The van der Waals surface area contributed by atoms with Crippen LogP contribution in [0.15, 0.2) is 70.5 Å². The van der Waals surface area contributed by atoms with Gasteiger partial charge in [-0.05, 0) is 43.5 Å². The molecule has 0 aliphatic heterocycles. The quantitative estimate of drug-likeness (QED) is 0.203. The fourth-order valence-electron chi connectivity index (χ4n) is 3.54. The van der Waals surface area contributed by atoms with Gasteiger partial charge in [0.15, 0.2) is 5.16 Å². The smallest absolute Gasteiger partial charge is 0.263 e. The Kier molecular flexibility index (Phi) is 6.81. The van der Waals surface area contributed by atoms with Gasteiger partial charge >= 0.3 is 0 Å². The van der Waals surface area contributed by atoms with E-state index >= 15 is 0 Å². The van der Waals surface area contributed by atoms with Crippen molar-refractivity contribution >= 4 is 44.9 Å². The van der Waals surface area contributed by atoms with Crippen molar-refractivity contribution in [2.24, 2.45) is 0 Å². The second kappa shape index (κ2) is 9.77. The van der Waals surface area contributed by atoms with Crippen LogP contribution >= 0.6 is 23.1 Å². The molecule has 7 heteroatoms. The number of aromatic nitrogens is 2. The van der Waals surface area contributed by atoms with E-state index in [0.29, 0.717) is 21.9 Å². The molecule has 0 fully saturated rings. The summed E-state index contributed by atoms with van der Waals surface area (Å²) in [5, 5.41) is 6.06. The molecule has 168 valence electrons. The van der Waals surface area contributed by atoms with Crippen LogP contribution in [0.25, 0.3) is 21.3 Å². The number of allylic oxidation sites excluding steroid dienone is 1. The monoisotopic (exact) mass is 475 g/mol. The third kappa shape index (κ3) is 4.94. The number of thiophene rings is 1. The Hall–Kier alpha value is -3.16. The van der Waals surface area contributed by atoms with Gasteiger partial charge in [-0.15, -0.1) is 17.9 Å². The minimum absolute atomic E-state index is 0.117. The summed E-state index contributed by atoms with van der Waals surface area (Å²) in [5.74, 6) is 0.0123. The lowest BCUT2D eigenvalue weighted by atomic mass is 10.1. The first-order chi connectivity index (χ1) is 15.9. The molecule has 4 aromatic rings. The molecule has 2 heterocycles. The highest BCUT2D eigenvalue weighted by Crippen LogP contribution is 2.32. The number of hydrogen-bond donors (Lipinski definition) is 1. The molecule has 0 bridgehead atoms. The number of carbonyl (C=O) groups excluding carboxylic acids is 1. The molecule has 0 atom stereocenters. The highest BCUT2D eigenvalue weighted by molar-refractivity contribution is 7.99. The van der Waals surface area contributed by atoms with E-state index in [1.165, 1.54) is 28.7 Å². The summed E-state index contributed by atoms with van der Waals surface area (Å²) in [6.07, 6.45) is 1.67. The Labute approximate surface area is 201 Å². The maximum atomic E-state index is 13.4. The molecule has 2 aromatic heterocycles. The van der Waals surface area contributed by atoms with Crippen LogP contribution in [0.1, 0.15) is 16.7 Å². The van der Waals surface area contributed by atoms with Gasteiger partial charge in [0, 0.05) is 23.2 Å². The van der Waals surface area contributed by atoms with Crippen molar-refractivity contribution in [1.82, 2.24) is 9.55 Å². The van der Waals surface area contributed by atoms with Gasteiger partial charge in [-0.25, -0.2) is 4.98 Å². The van der Waals surface area contributed by atoms with Gasteiger partial charge in [0.05, 0.1) is 11.1 Å². The minimum Gasteiger partial charge on any atom is -0.325 e. The number of fused-ring (bicyclic) bond motifs is 1. The Morgan fingerprint density at radius 3 is 2.61 bits per heavy atom. The summed E-state index contributed by atoms with van der Waals surface area (Å²) >= 11 is 2.70. The van der Waals surface area contributed by atoms with Crippen molar-refractivity contribution < 1.29 is 4.79 Å². The number of rotatable bonds is 7. The predicted molar refractivity (Wildman–Crippen MR) is 140 cm³/mol. The van der Waals surface area contributed by atoms with Crippen LogP contribution in [-0.2, 0) is 11.3 Å². The number of benzene rings is 2. The van der Waals surface area contributed by atoms with Crippen LogP contribution < -0.4 is 10.9 Å². The summed E-state index contributed by atoms with van der Waals surface area (Å²) in [7, 11) is 0. The fraction of sp³-hybridized carbons (Fsp3) is 0.192. The first-order valence-corrected chi connectivity index (χ1v) is 12.4. The van der Waals surface area contributed by atoms with Crippen molar-refractivity contribution in [2.45, 2.75) is 32.5 Å². The minimum atomic E-state index is -0.139. The van der Waals surface area contributed by atoms with Crippen LogP contribution in [-0.4, -0.2) is 21.2 Å². The van der Waals surface area contributed by atoms with Gasteiger partial charge in [0.1, 0.15) is 4.83 Å². The van der Waals surface area contributed by atoms with E-state index in [1.54, 1.807) is 10.6 Å². The topological polar surface area (TPSA) is 64.0 Å². The van der Waals surface area contributed by atoms with Crippen molar-refractivity contribution in [2.75, 3.05) is 11.1 Å². The summed E-state index contributed by atoms with van der Waals surface area (Å²) in [4.78, 5) is 31.5. The Morgan fingerprint density at radius 1 is 1.15 bits per heavy atom. The average molecular weight is 476 g/mol. The summed E-state index contributed by atoms with van der Waals surface area (Å²) in [5.41, 5.74) is 5.81. The van der Waals surface area contributed by atoms with E-state index in [0.717, 1.165) is 27.9 Å². The molecule has 5 nitrogen and oxygen atoms in total. The van der Waals surface area contributed by atoms with E-state index in [2.05, 4.69) is 11.9 Å². The first-order valence-electron chi connectivity index (χ1n) is 10.6. The van der Waals surface area contributed by atoms with Gasteiger partial charge in [0.2, 0.25) is 5.91 Å². The molecule has 2 aromatic carbocycles. The highest BCUT2D eigenvalue weighted by atomic mass is 32.2. The molecule has 0 aliphatic rings. The molecule has 1 N–H and O–H groups in total. The van der Waals surface area contributed by atoms with Crippen molar-refractivity contribution in [1.29, 1.82) is 0 Å². The predicted octanol–water partition coefficient (Wildman–Crippen LogP) is 5.97. The summed E-state index contributed by atoms with van der Waals surface area (Å²) in [6.45, 7) is 10.1. The van der Waals surface area contributed by atoms with Crippen molar-refractivity contribution in [3.05, 3.63) is 87.5 Å². The third-order valence-corrected chi connectivity index (χ3v) is 7.18. The van der Waals surface area contributed by atoms with Crippen LogP contribution in [0.5, 0.6) is 0 Å². The molecular weight excluding hydrogens is 450 g/mol. The van der Waals surface area contributed by atoms with Crippen LogP contribution in [0.2, 0.25) is 0 Å². The summed E-state index contributed by atoms with van der Waals surface area (Å²) < 4.78 is 1.59. The van der Waals surface area contributed by atoms with Gasteiger partial charge in [0.25, 0.3) is 5.56 Å². The zero-order valence-electron chi connectivity index (χ0n) is 18.8. The molecule has 4 rings (SSSR count). The van der Waals surface area contributed by atoms with Crippen LogP contribution in [0, 0.1) is 20.8 Å². The normalized spacial score (nSPS) is 11.0. The molecule has 0 saturated heterocycles. The molecule has 0 saturated carbocycles. The third-order valence-electron chi connectivity index (χ3n) is 5.33. The highest BCUT2D eigenvalue weighted by Gasteiger charge is 2.18. The maximum Gasteiger partial charge on any atom is 0.263 e. The lowest BCUT2D eigenvalue weighted by molar-refractivity contribution is -0.113. The van der Waals surface area contributed by atoms with Crippen molar-refractivity contribution in [3.8, 4) is 11.1 Å². The van der Waals surface area contributed by atoms with Gasteiger partial charge in [-0.2, -0.15) is 0 Å². The van der Waals surface area contributed by atoms with E-state index in [1.807, 2.05) is 68.6 Å².